The van der Waals surface area contributed by atoms with Crippen LogP contribution in [0.3, 0.4) is 0 Å². The maximum Gasteiger partial charge on any atom is 0.187 e. The first-order chi connectivity index (χ1) is 33.2. The molecule has 10 heteroatoms. The Morgan fingerprint density at radius 1 is 0.586 bits per heavy atom. The van der Waals surface area contributed by atoms with Gasteiger partial charge in [0.1, 0.15) is 10.5 Å². The molecule has 0 aromatic heterocycles. The monoisotopic (exact) mass is 1000 g/mol. The Hall–Kier alpha value is -3.64. The topological polar surface area (TPSA) is 105 Å². The summed E-state index contributed by atoms with van der Waals surface area (Å²) in [7, 11) is -7.83. The quantitative estimate of drug-likeness (QED) is 0.0472. The van der Waals surface area contributed by atoms with Crippen LogP contribution in [0.2, 0.25) is 0 Å². The van der Waals surface area contributed by atoms with E-state index in [-0.39, 0.29) is 45.7 Å². The number of rotatable bonds is 28. The molecule has 2 aliphatic carbocycles. The summed E-state index contributed by atoms with van der Waals surface area (Å²) in [6, 6.07) is 17.3. The fraction of sp³-hybridized carbons (Fsp3) is 0.567. The van der Waals surface area contributed by atoms with Gasteiger partial charge in [0.15, 0.2) is 19.7 Å². The van der Waals surface area contributed by atoms with Gasteiger partial charge in [0.25, 0.3) is 0 Å². The highest BCUT2D eigenvalue weighted by Crippen LogP contribution is 2.42. The van der Waals surface area contributed by atoms with E-state index in [1.807, 2.05) is 65.8 Å². The molecule has 0 aliphatic heterocycles. The van der Waals surface area contributed by atoms with Gasteiger partial charge < -0.3 is 18.9 Å². The maximum atomic E-state index is 14.8. The van der Waals surface area contributed by atoms with Crippen molar-refractivity contribution in [1.29, 1.82) is 0 Å². The Labute approximate surface area is 425 Å². The van der Waals surface area contributed by atoms with E-state index in [1.54, 1.807) is 48.5 Å². The van der Waals surface area contributed by atoms with Crippen molar-refractivity contribution in [3.05, 3.63) is 143 Å². The van der Waals surface area contributed by atoms with Crippen molar-refractivity contribution >= 4 is 19.7 Å². The van der Waals surface area contributed by atoms with Gasteiger partial charge in [-0.25, -0.2) is 16.8 Å². The SMILES string of the molecule is CCOCCOC(C(C)C/C=C/CC(C)C(OCCOCC)C(/C=C(C)/C=C/C1=C(C)CCCC1(C)C)S(=O)(=O)c1ccccc1)C(/C=C(C)/C=C/C1=C(C)CCCC1(C)C)S(=O)(=O)c1ccccc1. The van der Waals surface area contributed by atoms with E-state index in [9.17, 15) is 16.8 Å². The molecule has 0 saturated heterocycles. The first-order valence-electron chi connectivity index (χ1n) is 25.9. The van der Waals surface area contributed by atoms with Gasteiger partial charge in [-0.05, 0) is 151 Å². The van der Waals surface area contributed by atoms with Gasteiger partial charge in [0.05, 0.1) is 48.4 Å². The molecular formula is C60H88O8S2. The highest BCUT2D eigenvalue weighted by molar-refractivity contribution is 7.92. The summed E-state index contributed by atoms with van der Waals surface area (Å²) in [6.07, 6.45) is 22.7. The first kappa shape index (κ1) is 58.9. The summed E-state index contributed by atoms with van der Waals surface area (Å²) >= 11 is 0. The van der Waals surface area contributed by atoms with Crippen LogP contribution in [0.4, 0.5) is 0 Å². The molecule has 0 amide bonds. The van der Waals surface area contributed by atoms with E-state index < -0.39 is 42.4 Å². The van der Waals surface area contributed by atoms with Crippen LogP contribution in [-0.2, 0) is 38.6 Å². The average molecular weight is 1000 g/mol. The summed E-state index contributed by atoms with van der Waals surface area (Å²) in [5.41, 5.74) is 7.16. The van der Waals surface area contributed by atoms with Gasteiger partial charge in [-0.1, -0.05) is 149 Å². The Balaban J connectivity index is 1.71. The van der Waals surface area contributed by atoms with Crippen LogP contribution in [0.25, 0.3) is 0 Å². The minimum absolute atomic E-state index is 0.0425. The van der Waals surface area contributed by atoms with Gasteiger partial charge in [-0.15, -0.1) is 0 Å². The Morgan fingerprint density at radius 3 is 1.27 bits per heavy atom. The molecule has 8 nitrogen and oxygen atoms in total. The lowest BCUT2D eigenvalue weighted by Crippen LogP contribution is -2.40. The van der Waals surface area contributed by atoms with Crippen LogP contribution in [0.5, 0.6) is 0 Å². The van der Waals surface area contributed by atoms with Gasteiger partial charge in [-0.2, -0.15) is 0 Å². The van der Waals surface area contributed by atoms with Crippen LogP contribution in [0, 0.1) is 22.7 Å². The molecule has 0 spiro atoms. The molecule has 0 bridgehead atoms. The minimum atomic E-state index is -3.91. The largest absolute Gasteiger partial charge is 0.379 e. The zero-order valence-corrected chi connectivity index (χ0v) is 46.5. The molecule has 2 aromatic carbocycles. The molecule has 0 radical (unpaired) electrons. The Bertz CT molecular complexity index is 2220. The molecule has 4 rings (SSSR count). The summed E-state index contributed by atoms with van der Waals surface area (Å²) in [5.74, 6) is -0.469. The summed E-state index contributed by atoms with van der Waals surface area (Å²) in [5, 5.41) is -1.98. The van der Waals surface area contributed by atoms with Crippen LogP contribution in [-0.4, -0.2) is 79.2 Å². The zero-order valence-electron chi connectivity index (χ0n) is 44.8. The van der Waals surface area contributed by atoms with Crippen LogP contribution in [0.15, 0.2) is 153 Å². The lowest BCUT2D eigenvalue weighted by atomic mass is 9.72. The molecule has 0 fully saturated rings. The third-order valence-electron chi connectivity index (χ3n) is 14.3. The Kier molecular flexibility index (Phi) is 23.6. The molecule has 0 saturated carbocycles. The molecule has 2 aliphatic rings. The summed E-state index contributed by atoms with van der Waals surface area (Å²) in [4.78, 5) is 0.491. The second-order valence-electron chi connectivity index (χ2n) is 21.0. The van der Waals surface area contributed by atoms with E-state index in [2.05, 4.69) is 78.0 Å². The van der Waals surface area contributed by atoms with Crippen molar-refractivity contribution in [2.45, 2.75) is 167 Å². The van der Waals surface area contributed by atoms with Gasteiger partial charge in [0, 0.05) is 13.2 Å². The van der Waals surface area contributed by atoms with Gasteiger partial charge in [-0.3, -0.25) is 0 Å². The lowest BCUT2D eigenvalue weighted by Gasteiger charge is -2.33. The highest BCUT2D eigenvalue weighted by Gasteiger charge is 2.39. The van der Waals surface area contributed by atoms with E-state index in [0.717, 1.165) is 36.8 Å². The maximum absolute atomic E-state index is 14.8. The van der Waals surface area contributed by atoms with E-state index in [0.29, 0.717) is 39.3 Å². The number of benzene rings is 2. The van der Waals surface area contributed by atoms with Gasteiger partial charge >= 0.3 is 0 Å². The third-order valence-corrected chi connectivity index (χ3v) is 18.4. The van der Waals surface area contributed by atoms with E-state index in [4.69, 9.17) is 18.9 Å². The molecule has 2 aromatic rings. The number of hydrogen-bond donors (Lipinski definition) is 0. The molecule has 6 unspecified atom stereocenters. The number of sulfone groups is 2. The summed E-state index contributed by atoms with van der Waals surface area (Å²) < 4.78 is 83.7. The van der Waals surface area contributed by atoms with E-state index in [1.165, 1.54) is 35.1 Å². The van der Waals surface area contributed by atoms with Crippen molar-refractivity contribution < 1.29 is 35.8 Å². The number of allylic oxidation sites excluding steroid dienone is 12. The van der Waals surface area contributed by atoms with E-state index >= 15 is 0 Å². The predicted octanol–water partition coefficient (Wildman–Crippen LogP) is 14.2. The highest BCUT2D eigenvalue weighted by atomic mass is 32.2. The molecule has 0 heterocycles. The van der Waals surface area contributed by atoms with Gasteiger partial charge in [0.2, 0.25) is 0 Å². The second-order valence-corrected chi connectivity index (χ2v) is 25.2. The third kappa shape index (κ3) is 17.0. The van der Waals surface area contributed by atoms with Crippen LogP contribution < -0.4 is 0 Å². The van der Waals surface area contributed by atoms with Crippen molar-refractivity contribution in [2.24, 2.45) is 22.7 Å². The number of ether oxygens (including phenoxy) is 4. The van der Waals surface area contributed by atoms with Crippen molar-refractivity contribution in [3.63, 3.8) is 0 Å². The van der Waals surface area contributed by atoms with Crippen molar-refractivity contribution in [3.8, 4) is 0 Å². The molecule has 388 valence electrons. The van der Waals surface area contributed by atoms with Crippen LogP contribution in [0.1, 0.15) is 134 Å². The number of hydrogen-bond acceptors (Lipinski definition) is 8. The van der Waals surface area contributed by atoms with Crippen molar-refractivity contribution in [2.75, 3.05) is 39.6 Å². The molecule has 6 atom stereocenters. The smallest absolute Gasteiger partial charge is 0.187 e. The Morgan fingerprint density at radius 2 is 0.943 bits per heavy atom. The normalized spacial score (nSPS) is 20.1. The molecular weight excluding hydrogens is 913 g/mol. The molecule has 70 heavy (non-hydrogen) atoms. The minimum Gasteiger partial charge on any atom is -0.379 e. The fourth-order valence-electron chi connectivity index (χ4n) is 10.2. The second kappa shape index (κ2) is 28.0. The predicted molar refractivity (Wildman–Crippen MR) is 290 cm³/mol. The summed E-state index contributed by atoms with van der Waals surface area (Å²) in [6.45, 7) is 27.6. The van der Waals surface area contributed by atoms with Crippen LogP contribution >= 0.6 is 0 Å². The first-order valence-corrected chi connectivity index (χ1v) is 29.0. The molecule has 0 N–H and O–H groups in total. The van der Waals surface area contributed by atoms with Crippen molar-refractivity contribution in [1.82, 2.24) is 0 Å². The fourth-order valence-corrected chi connectivity index (χ4v) is 14.1. The average Bonchev–Trinajstić information content (AvgIpc) is 3.31. The standard InChI is InChI=1S/C60H88O8S2/c1-13-65-39-41-67-57(55(69(61,62)51-29-17-15-18-30-51)43-45(3)33-35-53-47(5)27-23-37-59(53,9)10)49(7)25-21-22-26-50(8)58(68-42-40-66-14-2)56(70(63,64)52-31-19-16-20-32-52)44-46(4)34-36-54-48(6)28-24-38-60(54,11)12/h15-22,29-36,43-44,49-50,55-58H,13-14,23-28,37-42H2,1-12H3/b22-21+,35-33+,36-34+,45-43+,46-44+. The zero-order chi connectivity index (χ0) is 51.5. The lowest BCUT2D eigenvalue weighted by molar-refractivity contribution is -0.0133.